The normalized spacial score (nSPS) is 20.9. The summed E-state index contributed by atoms with van der Waals surface area (Å²) in [5.41, 5.74) is 4.97. The molecule has 1 N–H and O–H groups in total. The van der Waals surface area contributed by atoms with Crippen molar-refractivity contribution >= 4 is 46.3 Å². The fraction of sp³-hybridized carbons (Fsp3) is 0.346. The van der Waals surface area contributed by atoms with Crippen molar-refractivity contribution in [1.82, 2.24) is 4.90 Å². The van der Waals surface area contributed by atoms with E-state index >= 15 is 0 Å². The number of carbonyl (C=O) groups excluding carboxylic acids is 3. The maximum absolute atomic E-state index is 12.9. The van der Waals surface area contributed by atoms with Crippen LogP contribution in [0.15, 0.2) is 47.4 Å². The Morgan fingerprint density at radius 1 is 1.21 bits per heavy atom. The first kappa shape index (κ1) is 23.1. The van der Waals surface area contributed by atoms with Crippen molar-refractivity contribution in [2.24, 2.45) is 0 Å². The lowest BCUT2D eigenvalue weighted by Crippen LogP contribution is -2.45. The minimum Gasteiger partial charge on any atom is -0.369 e. The smallest absolute Gasteiger partial charge is 0.294 e. The fourth-order valence-electron chi connectivity index (χ4n) is 4.52. The highest BCUT2D eigenvalue weighted by Gasteiger charge is 2.37. The number of thioether (sulfide) groups is 1. The summed E-state index contributed by atoms with van der Waals surface area (Å²) < 4.78 is 0. The van der Waals surface area contributed by atoms with Crippen molar-refractivity contribution in [3.05, 3.63) is 64.1 Å². The number of fused-ring (bicyclic) bond motifs is 1. The van der Waals surface area contributed by atoms with Crippen LogP contribution in [0.4, 0.5) is 16.2 Å². The first-order valence-electron chi connectivity index (χ1n) is 11.1. The highest BCUT2D eigenvalue weighted by molar-refractivity contribution is 8.18. The second-order valence-electron chi connectivity index (χ2n) is 9.43. The number of nitrogens with zero attached hydrogens (tertiary/aromatic N) is 2. The maximum atomic E-state index is 12.9. The molecule has 33 heavy (non-hydrogen) atoms. The molecule has 0 saturated carbocycles. The number of benzene rings is 2. The molecule has 172 valence electrons. The summed E-state index contributed by atoms with van der Waals surface area (Å²) in [7, 11) is 2.11. The lowest BCUT2D eigenvalue weighted by Gasteiger charge is -2.45. The van der Waals surface area contributed by atoms with Crippen LogP contribution in [0.5, 0.6) is 0 Å². The van der Waals surface area contributed by atoms with Crippen LogP contribution in [-0.2, 0) is 9.59 Å². The van der Waals surface area contributed by atoms with Crippen LogP contribution in [0.1, 0.15) is 49.8 Å². The molecule has 0 aliphatic carbocycles. The molecule has 0 radical (unpaired) electrons. The standard InChI is InChI=1S/C26H29N3O3S/c1-16-8-6-7-9-20(16)27-23(30)15-29-24(31)22(33-25(29)32)13-18-10-11-21-19(12-18)17(2)14-26(3,4)28(21)5/h6-13,17H,14-15H2,1-5H3,(H,27,30)/b22-13-/t17-/m0/s1. The van der Waals surface area contributed by atoms with E-state index in [2.05, 4.69) is 50.2 Å². The Balaban J connectivity index is 1.51. The summed E-state index contributed by atoms with van der Waals surface area (Å²) in [5.74, 6) is -0.449. The third-order valence-corrected chi connectivity index (χ3v) is 7.46. The second-order valence-corrected chi connectivity index (χ2v) is 10.4. The molecular formula is C26H29N3O3S. The van der Waals surface area contributed by atoms with Gasteiger partial charge in [-0.2, -0.15) is 0 Å². The first-order valence-corrected chi connectivity index (χ1v) is 11.9. The molecule has 1 fully saturated rings. The number of rotatable bonds is 4. The fourth-order valence-corrected chi connectivity index (χ4v) is 5.36. The van der Waals surface area contributed by atoms with Crippen molar-refractivity contribution in [3.8, 4) is 0 Å². The zero-order valence-electron chi connectivity index (χ0n) is 19.6. The molecule has 0 unspecified atom stereocenters. The molecule has 2 aliphatic heterocycles. The van der Waals surface area contributed by atoms with Gasteiger partial charge in [-0.1, -0.05) is 31.2 Å². The Hall–Kier alpha value is -3.06. The van der Waals surface area contributed by atoms with Gasteiger partial charge in [-0.05, 0) is 85.8 Å². The summed E-state index contributed by atoms with van der Waals surface area (Å²) >= 11 is 0.875. The number of carbonyl (C=O) groups is 3. The summed E-state index contributed by atoms with van der Waals surface area (Å²) in [6.45, 7) is 8.28. The van der Waals surface area contributed by atoms with E-state index in [-0.39, 0.29) is 12.1 Å². The summed E-state index contributed by atoms with van der Waals surface area (Å²) in [5, 5.41) is 2.34. The van der Waals surface area contributed by atoms with Gasteiger partial charge >= 0.3 is 0 Å². The molecular weight excluding hydrogens is 434 g/mol. The molecule has 0 bridgehead atoms. The van der Waals surface area contributed by atoms with Crippen LogP contribution in [0.25, 0.3) is 6.08 Å². The molecule has 2 heterocycles. The molecule has 4 rings (SSSR count). The van der Waals surface area contributed by atoms with E-state index in [1.165, 1.54) is 11.3 Å². The Bertz CT molecular complexity index is 1170. The molecule has 1 atom stereocenters. The number of amides is 3. The molecule has 2 aliphatic rings. The second kappa shape index (κ2) is 8.71. The third-order valence-electron chi connectivity index (χ3n) is 6.55. The average Bonchev–Trinajstić information content (AvgIpc) is 3.01. The summed E-state index contributed by atoms with van der Waals surface area (Å²) in [6.07, 6.45) is 2.78. The molecule has 2 aromatic carbocycles. The Labute approximate surface area is 199 Å². The number of hydrogen-bond donors (Lipinski definition) is 1. The van der Waals surface area contributed by atoms with Crippen LogP contribution in [0.3, 0.4) is 0 Å². The Morgan fingerprint density at radius 2 is 1.94 bits per heavy atom. The van der Waals surface area contributed by atoms with Gasteiger partial charge in [-0.3, -0.25) is 19.3 Å². The zero-order chi connectivity index (χ0) is 23.9. The van der Waals surface area contributed by atoms with Crippen molar-refractivity contribution in [2.75, 3.05) is 23.8 Å². The van der Waals surface area contributed by atoms with Crippen LogP contribution < -0.4 is 10.2 Å². The van der Waals surface area contributed by atoms with Gasteiger partial charge in [0.15, 0.2) is 0 Å². The van der Waals surface area contributed by atoms with Crippen molar-refractivity contribution < 1.29 is 14.4 Å². The molecule has 1 saturated heterocycles. The predicted octanol–water partition coefficient (Wildman–Crippen LogP) is 5.39. The Morgan fingerprint density at radius 3 is 2.67 bits per heavy atom. The van der Waals surface area contributed by atoms with Crippen LogP contribution in [0.2, 0.25) is 0 Å². The lowest BCUT2D eigenvalue weighted by atomic mass is 9.80. The summed E-state index contributed by atoms with van der Waals surface area (Å²) in [4.78, 5) is 41.5. The molecule has 2 aromatic rings. The van der Waals surface area contributed by atoms with Crippen molar-refractivity contribution in [1.29, 1.82) is 0 Å². The van der Waals surface area contributed by atoms with Gasteiger partial charge in [0.1, 0.15) is 6.54 Å². The number of nitrogens with one attached hydrogen (secondary N) is 1. The minimum absolute atomic E-state index is 0.0788. The van der Waals surface area contributed by atoms with E-state index < -0.39 is 17.1 Å². The molecule has 6 nitrogen and oxygen atoms in total. The minimum atomic E-state index is -0.436. The van der Waals surface area contributed by atoms with Gasteiger partial charge in [-0.25, -0.2) is 0 Å². The average molecular weight is 464 g/mol. The van der Waals surface area contributed by atoms with E-state index in [0.29, 0.717) is 16.5 Å². The van der Waals surface area contributed by atoms with Gasteiger partial charge in [-0.15, -0.1) is 0 Å². The van der Waals surface area contributed by atoms with Gasteiger partial charge < -0.3 is 10.2 Å². The quantitative estimate of drug-likeness (QED) is 0.616. The largest absolute Gasteiger partial charge is 0.369 e. The summed E-state index contributed by atoms with van der Waals surface area (Å²) in [6, 6.07) is 13.5. The SMILES string of the molecule is Cc1ccccc1NC(=O)CN1C(=O)S/C(=C\c2ccc3c(c2)[C@@H](C)CC(C)(C)N3C)C1=O. The molecule has 7 heteroatoms. The molecule has 0 aromatic heterocycles. The van der Waals surface area contributed by atoms with Crippen LogP contribution >= 0.6 is 11.8 Å². The van der Waals surface area contributed by atoms with E-state index in [1.807, 2.05) is 31.2 Å². The van der Waals surface area contributed by atoms with E-state index in [4.69, 9.17) is 0 Å². The first-order chi connectivity index (χ1) is 15.6. The molecule has 3 amide bonds. The Kier molecular flexibility index (Phi) is 6.10. The van der Waals surface area contributed by atoms with Gasteiger partial charge in [0, 0.05) is 24.0 Å². The lowest BCUT2D eigenvalue weighted by molar-refractivity contribution is -0.127. The predicted molar refractivity (Wildman–Crippen MR) is 134 cm³/mol. The van der Waals surface area contributed by atoms with Crippen LogP contribution in [-0.4, -0.2) is 41.1 Å². The zero-order valence-corrected chi connectivity index (χ0v) is 20.5. The number of hydrogen-bond acceptors (Lipinski definition) is 5. The third kappa shape index (κ3) is 4.55. The number of imide groups is 1. The van der Waals surface area contributed by atoms with Gasteiger partial charge in [0.25, 0.3) is 11.1 Å². The highest BCUT2D eigenvalue weighted by atomic mass is 32.2. The number of aryl methyl sites for hydroxylation is 1. The molecule has 0 spiro atoms. The van der Waals surface area contributed by atoms with Gasteiger partial charge in [0.05, 0.1) is 4.91 Å². The number of para-hydroxylation sites is 1. The van der Waals surface area contributed by atoms with Crippen molar-refractivity contribution in [2.45, 2.75) is 45.6 Å². The van der Waals surface area contributed by atoms with Crippen molar-refractivity contribution in [3.63, 3.8) is 0 Å². The number of anilines is 2. The van der Waals surface area contributed by atoms with Crippen LogP contribution in [0, 0.1) is 6.92 Å². The van der Waals surface area contributed by atoms with Gasteiger partial charge in [0.2, 0.25) is 5.91 Å². The topological polar surface area (TPSA) is 69.7 Å². The van der Waals surface area contributed by atoms with E-state index in [1.54, 1.807) is 12.1 Å². The highest BCUT2D eigenvalue weighted by Crippen LogP contribution is 2.43. The van der Waals surface area contributed by atoms with E-state index in [9.17, 15) is 14.4 Å². The maximum Gasteiger partial charge on any atom is 0.294 e. The van der Waals surface area contributed by atoms with E-state index in [0.717, 1.165) is 34.2 Å². The monoisotopic (exact) mass is 463 g/mol.